The van der Waals surface area contributed by atoms with Crippen LogP contribution in [-0.2, 0) is 4.79 Å². The summed E-state index contributed by atoms with van der Waals surface area (Å²) in [6.07, 6.45) is -0.939. The fourth-order valence-corrected chi connectivity index (χ4v) is 2.22. The van der Waals surface area contributed by atoms with E-state index >= 15 is 0 Å². The van der Waals surface area contributed by atoms with Gasteiger partial charge in [0.1, 0.15) is 17.3 Å². The first-order valence-corrected chi connectivity index (χ1v) is 7.74. The maximum Gasteiger partial charge on any atom is 0.265 e. The van der Waals surface area contributed by atoms with Crippen molar-refractivity contribution in [2.75, 3.05) is 12.4 Å². The van der Waals surface area contributed by atoms with Crippen LogP contribution in [0.25, 0.3) is 0 Å². The molecule has 1 amide bonds. The van der Waals surface area contributed by atoms with E-state index in [4.69, 9.17) is 9.47 Å². The molecule has 0 spiro atoms. The number of anilines is 1. The van der Waals surface area contributed by atoms with Crippen molar-refractivity contribution in [1.29, 1.82) is 0 Å². The highest BCUT2D eigenvalue weighted by Gasteiger charge is 2.19. The summed E-state index contributed by atoms with van der Waals surface area (Å²) in [5, 5.41) is 2.48. The Morgan fingerprint density at radius 1 is 1.16 bits per heavy atom. The quantitative estimate of drug-likeness (QED) is 0.810. The number of benzene rings is 2. The fourth-order valence-electron chi connectivity index (χ4n) is 2.22. The zero-order valence-electron chi connectivity index (χ0n) is 14.6. The summed E-state index contributed by atoms with van der Waals surface area (Å²) < 4.78 is 24.6. The molecule has 0 saturated heterocycles. The summed E-state index contributed by atoms with van der Waals surface area (Å²) >= 11 is 0. The van der Waals surface area contributed by atoms with Crippen LogP contribution in [0, 0.1) is 12.7 Å². The molecule has 2 aromatic carbocycles. The molecule has 1 atom stereocenters. The summed E-state index contributed by atoms with van der Waals surface area (Å²) in [4.78, 5) is 24.0. The van der Waals surface area contributed by atoms with Gasteiger partial charge in [0, 0.05) is 6.07 Å². The molecule has 0 saturated carbocycles. The predicted molar refractivity (Wildman–Crippen MR) is 92.9 cm³/mol. The number of amides is 1. The van der Waals surface area contributed by atoms with E-state index in [2.05, 4.69) is 5.32 Å². The second-order valence-electron chi connectivity index (χ2n) is 5.65. The van der Waals surface area contributed by atoms with Crippen LogP contribution >= 0.6 is 0 Å². The number of methoxy groups -OCH3 is 1. The second-order valence-corrected chi connectivity index (χ2v) is 5.65. The molecule has 0 fully saturated rings. The number of halogens is 1. The lowest BCUT2D eigenvalue weighted by molar-refractivity contribution is -0.122. The van der Waals surface area contributed by atoms with Crippen molar-refractivity contribution in [3.05, 3.63) is 53.3 Å². The minimum Gasteiger partial charge on any atom is -0.497 e. The van der Waals surface area contributed by atoms with Gasteiger partial charge in [0.25, 0.3) is 5.91 Å². The molecule has 2 aromatic rings. The number of Topliss-reactive ketones (excluding diaryl/α,β-unsaturated/α-hetero) is 1. The van der Waals surface area contributed by atoms with E-state index in [1.165, 1.54) is 39.2 Å². The number of hydrogen-bond acceptors (Lipinski definition) is 4. The first-order chi connectivity index (χ1) is 11.8. The molecule has 0 aliphatic carbocycles. The Morgan fingerprint density at radius 3 is 2.48 bits per heavy atom. The fraction of sp³-hybridized carbons (Fsp3) is 0.263. The van der Waals surface area contributed by atoms with Crippen LogP contribution in [-0.4, -0.2) is 24.9 Å². The number of carbonyl (C=O) groups excluding carboxylic acids is 2. The standard InChI is InChI=1S/C19H20FNO4/c1-11-5-8-17(16(20)9-11)21-19(23)13(3)25-18-10-14(24-4)6-7-15(18)12(2)22/h5-10,13H,1-4H3,(H,21,23). The summed E-state index contributed by atoms with van der Waals surface area (Å²) in [5.41, 5.74) is 1.16. The molecule has 1 unspecified atom stereocenters. The van der Waals surface area contributed by atoms with Gasteiger partial charge in [-0.1, -0.05) is 6.07 Å². The number of aryl methyl sites for hydroxylation is 1. The summed E-state index contributed by atoms with van der Waals surface area (Å²) in [6, 6.07) is 9.25. The van der Waals surface area contributed by atoms with Gasteiger partial charge in [0.2, 0.25) is 0 Å². The number of hydrogen-bond donors (Lipinski definition) is 1. The van der Waals surface area contributed by atoms with E-state index in [1.807, 2.05) is 0 Å². The summed E-state index contributed by atoms with van der Waals surface area (Å²) in [7, 11) is 1.49. The Balaban J connectivity index is 2.17. The zero-order valence-corrected chi connectivity index (χ0v) is 14.6. The Bertz CT molecular complexity index is 804. The predicted octanol–water partition coefficient (Wildman–Crippen LogP) is 3.75. The van der Waals surface area contributed by atoms with E-state index in [0.717, 1.165) is 5.56 Å². The van der Waals surface area contributed by atoms with Gasteiger partial charge in [-0.2, -0.15) is 0 Å². The maximum absolute atomic E-state index is 13.9. The summed E-state index contributed by atoms with van der Waals surface area (Å²) in [5.74, 6) is -0.516. The lowest BCUT2D eigenvalue weighted by Gasteiger charge is -2.17. The average Bonchev–Trinajstić information content (AvgIpc) is 2.56. The van der Waals surface area contributed by atoms with Crippen molar-refractivity contribution in [1.82, 2.24) is 0 Å². The van der Waals surface area contributed by atoms with Crippen LogP contribution in [0.3, 0.4) is 0 Å². The molecule has 0 aromatic heterocycles. The second kappa shape index (κ2) is 7.79. The molecule has 0 aliphatic rings. The number of rotatable bonds is 6. The monoisotopic (exact) mass is 345 g/mol. The van der Waals surface area contributed by atoms with Crippen LogP contribution in [0.4, 0.5) is 10.1 Å². The molecule has 2 rings (SSSR count). The number of ketones is 1. The minimum absolute atomic E-state index is 0.0727. The number of ether oxygens (including phenoxy) is 2. The molecular formula is C19H20FNO4. The first kappa shape index (κ1) is 18.4. The highest BCUT2D eigenvalue weighted by molar-refractivity contribution is 5.98. The van der Waals surface area contributed by atoms with E-state index in [1.54, 1.807) is 25.1 Å². The van der Waals surface area contributed by atoms with Gasteiger partial charge in [-0.3, -0.25) is 9.59 Å². The van der Waals surface area contributed by atoms with Gasteiger partial charge in [0.15, 0.2) is 11.9 Å². The van der Waals surface area contributed by atoms with Crippen molar-refractivity contribution in [3.63, 3.8) is 0 Å². The highest BCUT2D eigenvalue weighted by Crippen LogP contribution is 2.26. The first-order valence-electron chi connectivity index (χ1n) is 7.74. The average molecular weight is 345 g/mol. The molecule has 0 heterocycles. The maximum atomic E-state index is 13.9. The molecule has 0 radical (unpaired) electrons. The van der Waals surface area contributed by atoms with Crippen molar-refractivity contribution in [2.45, 2.75) is 26.9 Å². The molecule has 0 aliphatic heterocycles. The lowest BCUT2D eigenvalue weighted by atomic mass is 10.1. The van der Waals surface area contributed by atoms with Gasteiger partial charge < -0.3 is 14.8 Å². The van der Waals surface area contributed by atoms with Gasteiger partial charge >= 0.3 is 0 Å². The Hall–Kier alpha value is -2.89. The Kier molecular flexibility index (Phi) is 5.75. The molecule has 1 N–H and O–H groups in total. The van der Waals surface area contributed by atoms with Gasteiger partial charge in [-0.25, -0.2) is 4.39 Å². The van der Waals surface area contributed by atoms with Crippen LogP contribution in [0.5, 0.6) is 11.5 Å². The van der Waals surface area contributed by atoms with E-state index in [0.29, 0.717) is 11.3 Å². The molecule has 0 bridgehead atoms. The van der Waals surface area contributed by atoms with Crippen LogP contribution in [0.2, 0.25) is 0 Å². The molecular weight excluding hydrogens is 325 g/mol. The SMILES string of the molecule is COc1ccc(C(C)=O)c(OC(C)C(=O)Nc2ccc(C)cc2F)c1. The van der Waals surface area contributed by atoms with Gasteiger partial charge in [0.05, 0.1) is 18.4 Å². The summed E-state index contributed by atoms with van der Waals surface area (Å²) in [6.45, 7) is 4.68. The normalized spacial score (nSPS) is 11.6. The lowest BCUT2D eigenvalue weighted by Crippen LogP contribution is -2.31. The van der Waals surface area contributed by atoms with Gasteiger partial charge in [-0.05, 0) is 50.6 Å². The van der Waals surface area contributed by atoms with Crippen molar-refractivity contribution < 1.29 is 23.5 Å². The molecule has 132 valence electrons. The third-order valence-electron chi connectivity index (χ3n) is 3.62. The zero-order chi connectivity index (χ0) is 18.6. The Labute approximate surface area is 145 Å². The largest absolute Gasteiger partial charge is 0.497 e. The van der Waals surface area contributed by atoms with Crippen molar-refractivity contribution in [2.24, 2.45) is 0 Å². The smallest absolute Gasteiger partial charge is 0.265 e. The topological polar surface area (TPSA) is 64.6 Å². The third-order valence-corrected chi connectivity index (χ3v) is 3.62. The highest BCUT2D eigenvalue weighted by atomic mass is 19.1. The van der Waals surface area contributed by atoms with Crippen LogP contribution in [0.1, 0.15) is 29.8 Å². The third kappa shape index (κ3) is 4.56. The Morgan fingerprint density at radius 2 is 1.88 bits per heavy atom. The minimum atomic E-state index is -0.939. The van der Waals surface area contributed by atoms with Crippen molar-refractivity contribution in [3.8, 4) is 11.5 Å². The van der Waals surface area contributed by atoms with Crippen LogP contribution < -0.4 is 14.8 Å². The molecule has 5 nitrogen and oxygen atoms in total. The van der Waals surface area contributed by atoms with Crippen LogP contribution in [0.15, 0.2) is 36.4 Å². The number of carbonyl (C=O) groups is 2. The van der Waals surface area contributed by atoms with E-state index in [9.17, 15) is 14.0 Å². The van der Waals surface area contributed by atoms with E-state index in [-0.39, 0.29) is 17.2 Å². The molecule has 6 heteroatoms. The van der Waals surface area contributed by atoms with Gasteiger partial charge in [-0.15, -0.1) is 0 Å². The van der Waals surface area contributed by atoms with E-state index < -0.39 is 17.8 Å². The molecule has 25 heavy (non-hydrogen) atoms. The van der Waals surface area contributed by atoms with Crippen molar-refractivity contribution >= 4 is 17.4 Å². The number of nitrogens with one attached hydrogen (secondary N) is 1.